The van der Waals surface area contributed by atoms with E-state index in [1.807, 2.05) is 54.6 Å². The van der Waals surface area contributed by atoms with Crippen LogP contribution in [0.2, 0.25) is 0 Å². The minimum atomic E-state index is -1.24. The van der Waals surface area contributed by atoms with Crippen LogP contribution in [0.25, 0.3) is 10.8 Å². The van der Waals surface area contributed by atoms with Gasteiger partial charge in [0.2, 0.25) is 5.91 Å². The maximum atomic E-state index is 13.0. The highest BCUT2D eigenvalue weighted by atomic mass is 16.4. The second-order valence-electron chi connectivity index (χ2n) is 8.60. The van der Waals surface area contributed by atoms with Crippen molar-refractivity contribution in [3.05, 3.63) is 83.4 Å². The first-order valence-corrected chi connectivity index (χ1v) is 11.4. The van der Waals surface area contributed by atoms with Gasteiger partial charge in [0.05, 0.1) is 6.42 Å². The van der Waals surface area contributed by atoms with Crippen LogP contribution in [-0.2, 0) is 17.6 Å². The molecular formula is C27H29N3O3. The average Bonchev–Trinajstić information content (AvgIpc) is 2.82. The third-order valence-corrected chi connectivity index (χ3v) is 6.36. The van der Waals surface area contributed by atoms with E-state index in [4.69, 9.17) is 10.5 Å². The normalized spacial score (nSPS) is 15.9. The molecule has 1 saturated heterocycles. The third kappa shape index (κ3) is 5.58. The number of hydrogen-bond acceptors (Lipinski definition) is 3. The van der Waals surface area contributed by atoms with Gasteiger partial charge in [-0.05, 0) is 54.0 Å². The van der Waals surface area contributed by atoms with E-state index in [0.717, 1.165) is 60.5 Å². The highest BCUT2D eigenvalue weighted by Crippen LogP contribution is 2.25. The molecule has 0 aromatic heterocycles. The molecule has 1 heterocycles. The lowest BCUT2D eigenvalue weighted by Gasteiger charge is -2.36. The molecule has 0 saturated carbocycles. The van der Waals surface area contributed by atoms with Gasteiger partial charge in [0.15, 0.2) is 0 Å². The Labute approximate surface area is 193 Å². The second-order valence-corrected chi connectivity index (χ2v) is 8.60. The fraction of sp³-hybridized carbons (Fsp3) is 0.296. The molecule has 0 radical (unpaired) electrons. The molecule has 0 aliphatic carbocycles. The summed E-state index contributed by atoms with van der Waals surface area (Å²) in [5.41, 5.74) is 2.74. The number of amidine groups is 1. The molecule has 0 unspecified atom stereocenters. The van der Waals surface area contributed by atoms with Gasteiger partial charge in [0.25, 0.3) is 0 Å². The first-order valence-electron chi connectivity index (χ1n) is 11.4. The molecule has 1 aliphatic rings. The van der Waals surface area contributed by atoms with E-state index in [9.17, 15) is 9.59 Å². The van der Waals surface area contributed by atoms with E-state index in [0.29, 0.717) is 12.0 Å². The minimum Gasteiger partial charge on any atom is -0.465 e. The predicted octanol–water partition coefficient (Wildman–Crippen LogP) is 4.99. The van der Waals surface area contributed by atoms with Crippen molar-refractivity contribution in [1.29, 1.82) is 5.41 Å². The van der Waals surface area contributed by atoms with Gasteiger partial charge in [-0.2, -0.15) is 0 Å². The zero-order chi connectivity index (χ0) is 23.2. The number of carbonyl (C=O) groups excluding carboxylic acids is 1. The van der Waals surface area contributed by atoms with Gasteiger partial charge in [-0.25, -0.2) is 4.79 Å². The molecule has 1 fully saturated rings. The number of nitrogens with one attached hydrogen (secondary N) is 2. The molecule has 0 bridgehead atoms. The molecule has 6 nitrogen and oxygen atoms in total. The Morgan fingerprint density at radius 1 is 1.00 bits per heavy atom. The van der Waals surface area contributed by atoms with Crippen molar-refractivity contribution in [2.24, 2.45) is 0 Å². The number of nitrogens with zero attached hydrogens (tertiary/aromatic N) is 1. The Hall–Kier alpha value is -3.67. The standard InChI is InChI=1S/C27H29N3O3/c28-26(29-27(32)33)23-11-6-9-21-14-12-20(17-24(21)23)13-15-22-10-4-5-16-30(22)25(31)18-19-7-2-1-3-8-19/h1-3,6-9,11-12,14,17,22H,4-5,10,13,15-16,18H2,(H2,28,29)(H,32,33)/t22-/m0/s1. The number of piperidine rings is 1. The lowest BCUT2D eigenvalue weighted by atomic mass is 9.93. The fourth-order valence-electron chi connectivity index (χ4n) is 4.70. The molecule has 3 aromatic carbocycles. The topological polar surface area (TPSA) is 93.5 Å². The zero-order valence-electron chi connectivity index (χ0n) is 18.6. The van der Waals surface area contributed by atoms with Crippen LogP contribution in [0.15, 0.2) is 66.7 Å². The number of amides is 2. The Morgan fingerprint density at radius 3 is 2.61 bits per heavy atom. The summed E-state index contributed by atoms with van der Waals surface area (Å²) in [5.74, 6) is 0.0649. The summed E-state index contributed by atoms with van der Waals surface area (Å²) >= 11 is 0. The molecule has 0 spiro atoms. The number of benzene rings is 3. The molecular weight excluding hydrogens is 414 g/mol. The van der Waals surface area contributed by atoms with Gasteiger partial charge < -0.3 is 10.0 Å². The van der Waals surface area contributed by atoms with Crippen molar-refractivity contribution in [3.63, 3.8) is 0 Å². The van der Waals surface area contributed by atoms with Crippen LogP contribution in [0, 0.1) is 5.41 Å². The average molecular weight is 444 g/mol. The Balaban J connectivity index is 1.47. The van der Waals surface area contributed by atoms with Gasteiger partial charge in [-0.15, -0.1) is 0 Å². The van der Waals surface area contributed by atoms with Gasteiger partial charge in [-0.3, -0.25) is 15.5 Å². The van der Waals surface area contributed by atoms with Crippen molar-refractivity contribution >= 4 is 28.6 Å². The van der Waals surface area contributed by atoms with Gasteiger partial charge in [-0.1, -0.05) is 66.7 Å². The minimum absolute atomic E-state index is 0.129. The van der Waals surface area contributed by atoms with Crippen molar-refractivity contribution in [2.75, 3.05) is 6.54 Å². The number of likely N-dealkylation sites (tertiary alicyclic amines) is 1. The van der Waals surface area contributed by atoms with E-state index >= 15 is 0 Å². The van der Waals surface area contributed by atoms with Crippen LogP contribution in [0.1, 0.15) is 42.4 Å². The van der Waals surface area contributed by atoms with Crippen LogP contribution in [0.5, 0.6) is 0 Å². The first kappa shape index (κ1) is 22.5. The van der Waals surface area contributed by atoms with Crippen molar-refractivity contribution in [1.82, 2.24) is 10.2 Å². The van der Waals surface area contributed by atoms with E-state index in [1.54, 1.807) is 6.07 Å². The molecule has 33 heavy (non-hydrogen) atoms. The summed E-state index contributed by atoms with van der Waals surface area (Å²) in [6.07, 6.45) is 4.12. The number of rotatable bonds is 6. The van der Waals surface area contributed by atoms with Gasteiger partial charge in [0, 0.05) is 18.2 Å². The lowest BCUT2D eigenvalue weighted by Crippen LogP contribution is -2.44. The smallest absolute Gasteiger partial charge is 0.410 e. The number of hydrogen-bond donors (Lipinski definition) is 3. The molecule has 170 valence electrons. The molecule has 6 heteroatoms. The quantitative estimate of drug-likeness (QED) is 0.370. The number of carbonyl (C=O) groups is 2. The Bertz CT molecular complexity index is 1160. The second kappa shape index (κ2) is 10.3. The van der Waals surface area contributed by atoms with Crippen LogP contribution in [0.4, 0.5) is 4.79 Å². The van der Waals surface area contributed by atoms with Crippen LogP contribution in [0.3, 0.4) is 0 Å². The van der Waals surface area contributed by atoms with Crippen LogP contribution >= 0.6 is 0 Å². The summed E-state index contributed by atoms with van der Waals surface area (Å²) in [5, 5.41) is 21.1. The van der Waals surface area contributed by atoms with Gasteiger partial charge >= 0.3 is 6.09 Å². The SMILES string of the molecule is N=C(NC(=O)O)c1cccc2ccc(CC[C@@H]3CCCCN3C(=O)Cc3ccccc3)cc12. The van der Waals surface area contributed by atoms with E-state index in [-0.39, 0.29) is 17.8 Å². The molecule has 4 rings (SSSR count). The Kier molecular flexibility index (Phi) is 7.03. The van der Waals surface area contributed by atoms with Crippen molar-refractivity contribution < 1.29 is 14.7 Å². The van der Waals surface area contributed by atoms with Crippen LogP contribution in [-0.4, -0.2) is 40.4 Å². The summed E-state index contributed by atoms with van der Waals surface area (Å²) in [6.45, 7) is 0.816. The van der Waals surface area contributed by atoms with E-state index in [2.05, 4.69) is 16.3 Å². The number of aryl methyl sites for hydroxylation is 1. The molecule has 3 N–H and O–H groups in total. The van der Waals surface area contributed by atoms with Crippen molar-refractivity contribution in [2.45, 2.75) is 44.6 Å². The maximum Gasteiger partial charge on any atom is 0.410 e. The summed E-state index contributed by atoms with van der Waals surface area (Å²) < 4.78 is 0. The summed E-state index contributed by atoms with van der Waals surface area (Å²) in [7, 11) is 0. The molecule has 2 amide bonds. The fourth-order valence-corrected chi connectivity index (χ4v) is 4.70. The highest BCUT2D eigenvalue weighted by Gasteiger charge is 2.26. The molecule has 1 aliphatic heterocycles. The number of carboxylic acid groups (broad SMARTS) is 1. The summed E-state index contributed by atoms with van der Waals surface area (Å²) in [6, 6.07) is 21.8. The summed E-state index contributed by atoms with van der Waals surface area (Å²) in [4.78, 5) is 26.1. The predicted molar refractivity (Wildman–Crippen MR) is 130 cm³/mol. The van der Waals surface area contributed by atoms with Gasteiger partial charge in [0.1, 0.15) is 5.84 Å². The monoisotopic (exact) mass is 443 g/mol. The third-order valence-electron chi connectivity index (χ3n) is 6.36. The Morgan fingerprint density at radius 2 is 1.82 bits per heavy atom. The highest BCUT2D eigenvalue weighted by molar-refractivity contribution is 6.12. The zero-order valence-corrected chi connectivity index (χ0v) is 18.6. The molecule has 3 aromatic rings. The van der Waals surface area contributed by atoms with E-state index < -0.39 is 6.09 Å². The van der Waals surface area contributed by atoms with E-state index in [1.165, 1.54) is 0 Å². The first-order chi connectivity index (χ1) is 16.0. The maximum absolute atomic E-state index is 13.0. The number of fused-ring (bicyclic) bond motifs is 1. The molecule has 1 atom stereocenters. The van der Waals surface area contributed by atoms with Crippen molar-refractivity contribution in [3.8, 4) is 0 Å². The lowest BCUT2D eigenvalue weighted by molar-refractivity contribution is -0.134. The largest absolute Gasteiger partial charge is 0.465 e. The van der Waals surface area contributed by atoms with Crippen LogP contribution < -0.4 is 5.32 Å².